The fraction of sp³-hybridized carbons (Fsp3) is 0.500. The Labute approximate surface area is 126 Å². The highest BCUT2D eigenvalue weighted by atomic mass is 16.4. The molecule has 0 fully saturated rings. The van der Waals surface area contributed by atoms with Gasteiger partial charge in [-0.05, 0) is 29.4 Å². The summed E-state index contributed by atoms with van der Waals surface area (Å²) in [5.74, 6) is 1.74. The zero-order valence-electron chi connectivity index (χ0n) is 13.1. The van der Waals surface area contributed by atoms with Gasteiger partial charge in [-0.2, -0.15) is 0 Å². The zero-order valence-corrected chi connectivity index (χ0v) is 13.1. The second kappa shape index (κ2) is 5.64. The number of fused-ring (bicyclic) bond motifs is 1. The highest BCUT2D eigenvalue weighted by Crippen LogP contribution is 2.43. The van der Waals surface area contributed by atoms with Gasteiger partial charge in [0.2, 0.25) is 5.89 Å². The summed E-state index contributed by atoms with van der Waals surface area (Å²) >= 11 is 0. The van der Waals surface area contributed by atoms with Crippen molar-refractivity contribution in [2.24, 2.45) is 5.41 Å². The SMILES string of the molecule is CCc1cnc(CNC2c3ccccc3CCC2(C)C)o1. The van der Waals surface area contributed by atoms with Gasteiger partial charge in [0.15, 0.2) is 0 Å². The molecule has 1 N–H and O–H groups in total. The minimum Gasteiger partial charge on any atom is -0.444 e. The van der Waals surface area contributed by atoms with E-state index < -0.39 is 0 Å². The molecule has 0 radical (unpaired) electrons. The Bertz CT molecular complexity index is 615. The molecule has 0 spiro atoms. The van der Waals surface area contributed by atoms with E-state index in [0.29, 0.717) is 12.6 Å². The topological polar surface area (TPSA) is 38.1 Å². The standard InChI is InChI=1S/C18H24N2O/c1-4-14-11-19-16(21-14)12-20-17-15-8-6-5-7-13(15)9-10-18(17,2)3/h5-8,11,17,20H,4,9-10,12H2,1-3H3. The predicted octanol–water partition coefficient (Wildman–Crippen LogP) is 4.04. The van der Waals surface area contributed by atoms with E-state index in [2.05, 4.69) is 55.3 Å². The van der Waals surface area contributed by atoms with Crippen LogP contribution in [0.5, 0.6) is 0 Å². The molecule has 3 nitrogen and oxygen atoms in total. The molecule has 1 heterocycles. The number of aryl methyl sites for hydroxylation is 2. The van der Waals surface area contributed by atoms with E-state index >= 15 is 0 Å². The molecule has 1 aliphatic rings. The molecule has 3 heteroatoms. The molecular formula is C18H24N2O. The van der Waals surface area contributed by atoms with Crippen LogP contribution in [0.2, 0.25) is 0 Å². The van der Waals surface area contributed by atoms with Crippen molar-refractivity contribution in [3.8, 4) is 0 Å². The Kier molecular flexibility index (Phi) is 3.85. The minimum atomic E-state index is 0.245. The summed E-state index contributed by atoms with van der Waals surface area (Å²) in [5, 5.41) is 3.67. The summed E-state index contributed by atoms with van der Waals surface area (Å²) in [6.07, 6.45) is 5.09. The molecule has 1 aromatic carbocycles. The van der Waals surface area contributed by atoms with Gasteiger partial charge in [-0.25, -0.2) is 4.98 Å². The Hall–Kier alpha value is -1.61. The largest absolute Gasteiger partial charge is 0.444 e. The number of benzene rings is 1. The maximum atomic E-state index is 5.71. The number of oxazole rings is 1. The number of aromatic nitrogens is 1. The van der Waals surface area contributed by atoms with Crippen LogP contribution < -0.4 is 5.32 Å². The fourth-order valence-corrected chi connectivity index (χ4v) is 3.23. The van der Waals surface area contributed by atoms with Crippen molar-refractivity contribution in [3.05, 3.63) is 53.2 Å². The third-order valence-corrected chi connectivity index (χ3v) is 4.59. The van der Waals surface area contributed by atoms with Crippen molar-refractivity contribution in [1.29, 1.82) is 0 Å². The first-order valence-corrected chi connectivity index (χ1v) is 7.85. The quantitative estimate of drug-likeness (QED) is 0.920. The van der Waals surface area contributed by atoms with Crippen molar-refractivity contribution < 1.29 is 4.42 Å². The summed E-state index contributed by atoms with van der Waals surface area (Å²) in [6, 6.07) is 9.12. The van der Waals surface area contributed by atoms with Crippen molar-refractivity contribution in [1.82, 2.24) is 10.3 Å². The average molecular weight is 284 g/mol. The van der Waals surface area contributed by atoms with Crippen LogP contribution in [-0.4, -0.2) is 4.98 Å². The molecule has 0 amide bonds. The lowest BCUT2D eigenvalue weighted by molar-refractivity contribution is 0.203. The van der Waals surface area contributed by atoms with Gasteiger partial charge in [0.25, 0.3) is 0 Å². The molecule has 0 saturated heterocycles. The van der Waals surface area contributed by atoms with Gasteiger partial charge in [-0.1, -0.05) is 45.0 Å². The molecule has 1 unspecified atom stereocenters. The first-order chi connectivity index (χ1) is 10.1. The lowest BCUT2D eigenvalue weighted by Gasteiger charge is -2.40. The van der Waals surface area contributed by atoms with Gasteiger partial charge in [0, 0.05) is 12.5 Å². The third-order valence-electron chi connectivity index (χ3n) is 4.59. The van der Waals surface area contributed by atoms with Gasteiger partial charge >= 0.3 is 0 Å². The van der Waals surface area contributed by atoms with Gasteiger partial charge in [0.1, 0.15) is 5.76 Å². The van der Waals surface area contributed by atoms with Crippen LogP contribution in [0.25, 0.3) is 0 Å². The molecule has 1 atom stereocenters. The highest BCUT2D eigenvalue weighted by Gasteiger charge is 2.35. The second-order valence-electron chi connectivity index (χ2n) is 6.58. The Morgan fingerprint density at radius 1 is 1.33 bits per heavy atom. The molecule has 0 saturated carbocycles. The normalized spacial score (nSPS) is 20.2. The van der Waals surface area contributed by atoms with E-state index in [-0.39, 0.29) is 5.41 Å². The summed E-state index contributed by atoms with van der Waals surface area (Å²) in [6.45, 7) is 7.45. The van der Waals surface area contributed by atoms with Crippen LogP contribution in [0.3, 0.4) is 0 Å². The van der Waals surface area contributed by atoms with Gasteiger partial charge in [-0.3, -0.25) is 0 Å². The van der Waals surface area contributed by atoms with Crippen LogP contribution >= 0.6 is 0 Å². The Morgan fingerprint density at radius 2 is 2.14 bits per heavy atom. The summed E-state index contributed by atoms with van der Waals surface area (Å²) in [5.41, 5.74) is 3.14. The number of hydrogen-bond acceptors (Lipinski definition) is 3. The smallest absolute Gasteiger partial charge is 0.208 e. The maximum Gasteiger partial charge on any atom is 0.208 e. The van der Waals surface area contributed by atoms with Crippen molar-refractivity contribution in [2.45, 2.75) is 52.6 Å². The first-order valence-electron chi connectivity index (χ1n) is 7.85. The fourth-order valence-electron chi connectivity index (χ4n) is 3.23. The van der Waals surface area contributed by atoms with Crippen molar-refractivity contribution in [3.63, 3.8) is 0 Å². The summed E-state index contributed by atoms with van der Waals surface area (Å²) in [4.78, 5) is 4.35. The number of hydrogen-bond donors (Lipinski definition) is 1. The van der Waals surface area contributed by atoms with Crippen LogP contribution in [0.1, 0.15) is 56.0 Å². The second-order valence-corrected chi connectivity index (χ2v) is 6.58. The number of nitrogens with one attached hydrogen (secondary N) is 1. The van der Waals surface area contributed by atoms with Crippen molar-refractivity contribution >= 4 is 0 Å². The van der Waals surface area contributed by atoms with E-state index in [1.807, 2.05) is 6.20 Å². The molecule has 1 aliphatic carbocycles. The van der Waals surface area contributed by atoms with Gasteiger partial charge in [0.05, 0.1) is 12.7 Å². The van der Waals surface area contributed by atoms with E-state index in [4.69, 9.17) is 4.42 Å². The lowest BCUT2D eigenvalue weighted by Crippen LogP contribution is -2.37. The molecule has 3 rings (SSSR count). The maximum absolute atomic E-state index is 5.71. The molecule has 21 heavy (non-hydrogen) atoms. The Morgan fingerprint density at radius 3 is 2.90 bits per heavy atom. The van der Waals surface area contributed by atoms with Crippen LogP contribution in [0, 0.1) is 5.41 Å². The van der Waals surface area contributed by atoms with Crippen LogP contribution in [0.15, 0.2) is 34.9 Å². The highest BCUT2D eigenvalue weighted by molar-refractivity contribution is 5.34. The summed E-state index contributed by atoms with van der Waals surface area (Å²) in [7, 11) is 0. The third kappa shape index (κ3) is 2.88. The lowest BCUT2D eigenvalue weighted by atomic mass is 9.70. The van der Waals surface area contributed by atoms with Crippen LogP contribution in [0.4, 0.5) is 0 Å². The number of rotatable bonds is 4. The molecule has 1 aromatic heterocycles. The van der Waals surface area contributed by atoms with E-state index in [9.17, 15) is 0 Å². The van der Waals surface area contributed by atoms with Crippen LogP contribution in [-0.2, 0) is 19.4 Å². The molecule has 0 bridgehead atoms. The zero-order chi connectivity index (χ0) is 14.9. The Balaban J connectivity index is 1.79. The monoisotopic (exact) mass is 284 g/mol. The minimum absolute atomic E-state index is 0.245. The summed E-state index contributed by atoms with van der Waals surface area (Å²) < 4.78 is 5.71. The van der Waals surface area contributed by atoms with E-state index in [1.165, 1.54) is 24.0 Å². The number of nitrogens with zero attached hydrogens (tertiary/aromatic N) is 1. The first kappa shape index (κ1) is 14.3. The molecule has 2 aromatic rings. The van der Waals surface area contributed by atoms with E-state index in [1.54, 1.807) is 0 Å². The van der Waals surface area contributed by atoms with Crippen molar-refractivity contribution in [2.75, 3.05) is 0 Å². The molecular weight excluding hydrogens is 260 g/mol. The average Bonchev–Trinajstić information content (AvgIpc) is 2.94. The van der Waals surface area contributed by atoms with Gasteiger partial charge in [-0.15, -0.1) is 0 Å². The molecule has 0 aliphatic heterocycles. The predicted molar refractivity (Wildman–Crippen MR) is 84.0 cm³/mol. The van der Waals surface area contributed by atoms with E-state index in [0.717, 1.165) is 18.1 Å². The molecule has 112 valence electrons. The van der Waals surface area contributed by atoms with Gasteiger partial charge < -0.3 is 9.73 Å².